The lowest BCUT2D eigenvalue weighted by molar-refractivity contribution is 0.374. The molecule has 1 fully saturated rings. The minimum absolute atomic E-state index is 0.0370. The van der Waals surface area contributed by atoms with Crippen LogP contribution in [-0.2, 0) is 6.42 Å². The lowest BCUT2D eigenvalue weighted by Crippen LogP contribution is -2.10. The predicted octanol–water partition coefficient (Wildman–Crippen LogP) is 2.84. The summed E-state index contributed by atoms with van der Waals surface area (Å²) in [6, 6.07) is 1.55. The molecule has 21 heavy (non-hydrogen) atoms. The number of aromatic amines is 1. The summed E-state index contributed by atoms with van der Waals surface area (Å²) in [7, 11) is 0. The van der Waals surface area contributed by atoms with E-state index < -0.39 is 0 Å². The van der Waals surface area contributed by atoms with E-state index in [0.29, 0.717) is 17.0 Å². The molecule has 2 aromatic heterocycles. The molecule has 1 atom stereocenters. The first-order valence-corrected chi connectivity index (χ1v) is 8.14. The molecule has 0 spiro atoms. The van der Waals surface area contributed by atoms with Crippen molar-refractivity contribution in [2.45, 2.75) is 55.9 Å². The molecule has 1 aliphatic carbocycles. The molecule has 7 heteroatoms. The van der Waals surface area contributed by atoms with Gasteiger partial charge in [-0.05, 0) is 26.2 Å². The van der Waals surface area contributed by atoms with Gasteiger partial charge in [0.25, 0.3) is 5.56 Å². The topological polar surface area (TPSA) is 84.7 Å². The van der Waals surface area contributed by atoms with Crippen molar-refractivity contribution in [1.29, 1.82) is 0 Å². The Morgan fingerprint density at radius 1 is 1.48 bits per heavy atom. The van der Waals surface area contributed by atoms with Crippen molar-refractivity contribution >= 4 is 11.8 Å². The first kappa shape index (κ1) is 14.3. The third kappa shape index (κ3) is 3.53. The number of H-pyrrole nitrogens is 1. The Morgan fingerprint density at radius 2 is 2.29 bits per heavy atom. The van der Waals surface area contributed by atoms with Crippen molar-refractivity contribution in [3.8, 4) is 0 Å². The number of thioether (sulfide) groups is 1. The number of aryl methyl sites for hydroxylation is 1. The van der Waals surface area contributed by atoms with E-state index in [4.69, 9.17) is 4.52 Å². The van der Waals surface area contributed by atoms with Gasteiger partial charge < -0.3 is 9.51 Å². The Kier molecular flexibility index (Phi) is 4.10. The lowest BCUT2D eigenvalue weighted by Gasteiger charge is -2.06. The third-order valence-corrected chi connectivity index (χ3v) is 4.29. The molecule has 1 aliphatic rings. The van der Waals surface area contributed by atoms with Crippen LogP contribution in [0.2, 0.25) is 0 Å². The van der Waals surface area contributed by atoms with Gasteiger partial charge >= 0.3 is 0 Å². The van der Waals surface area contributed by atoms with E-state index in [1.807, 2.05) is 6.92 Å². The molecule has 2 heterocycles. The number of hydrogen-bond donors (Lipinski definition) is 1. The van der Waals surface area contributed by atoms with Crippen molar-refractivity contribution < 1.29 is 4.52 Å². The van der Waals surface area contributed by atoms with Crippen LogP contribution in [0.5, 0.6) is 0 Å². The van der Waals surface area contributed by atoms with Crippen molar-refractivity contribution in [2.24, 2.45) is 0 Å². The summed E-state index contributed by atoms with van der Waals surface area (Å²) in [5, 5.41) is 4.58. The standard InChI is InChI=1S/C14H18N4O2S/c1-3-4-10-7-11(19)16-14(15-10)21-8(2)13-17-12(18-20-13)9-5-6-9/h7-9H,3-6H2,1-2H3,(H,15,16,19)/t8-/m0/s1. The summed E-state index contributed by atoms with van der Waals surface area (Å²) in [6.45, 7) is 4.04. The van der Waals surface area contributed by atoms with Crippen molar-refractivity contribution in [2.75, 3.05) is 0 Å². The van der Waals surface area contributed by atoms with E-state index in [0.717, 1.165) is 37.2 Å². The van der Waals surface area contributed by atoms with Gasteiger partial charge in [0, 0.05) is 17.7 Å². The van der Waals surface area contributed by atoms with E-state index in [1.165, 1.54) is 11.8 Å². The van der Waals surface area contributed by atoms with Crippen LogP contribution in [0.15, 0.2) is 20.5 Å². The molecule has 0 radical (unpaired) electrons. The average molecular weight is 306 g/mol. The maximum absolute atomic E-state index is 11.6. The molecule has 1 saturated carbocycles. The van der Waals surface area contributed by atoms with Gasteiger partial charge in [-0.3, -0.25) is 4.79 Å². The molecule has 0 amide bonds. The molecule has 112 valence electrons. The zero-order valence-electron chi connectivity index (χ0n) is 12.1. The van der Waals surface area contributed by atoms with Gasteiger partial charge in [-0.15, -0.1) is 0 Å². The van der Waals surface area contributed by atoms with Gasteiger partial charge in [0.2, 0.25) is 5.89 Å². The Bertz CT molecular complexity index is 678. The van der Waals surface area contributed by atoms with Gasteiger partial charge in [0.1, 0.15) is 0 Å². The molecule has 3 rings (SSSR count). The Balaban J connectivity index is 1.73. The molecule has 0 saturated heterocycles. The van der Waals surface area contributed by atoms with E-state index in [-0.39, 0.29) is 10.8 Å². The fourth-order valence-electron chi connectivity index (χ4n) is 2.06. The van der Waals surface area contributed by atoms with Crippen LogP contribution in [0.3, 0.4) is 0 Å². The van der Waals surface area contributed by atoms with E-state index in [1.54, 1.807) is 6.07 Å². The average Bonchev–Trinajstić information content (AvgIpc) is 3.16. The number of rotatable bonds is 6. The van der Waals surface area contributed by atoms with Crippen LogP contribution in [-0.4, -0.2) is 20.1 Å². The Labute approximate surface area is 126 Å². The molecular formula is C14H18N4O2S. The number of nitrogens with zero attached hydrogens (tertiary/aromatic N) is 3. The summed E-state index contributed by atoms with van der Waals surface area (Å²) in [6.07, 6.45) is 4.06. The minimum atomic E-state index is -0.118. The molecule has 6 nitrogen and oxygen atoms in total. The highest BCUT2D eigenvalue weighted by Gasteiger charge is 2.29. The molecular weight excluding hydrogens is 288 g/mol. The van der Waals surface area contributed by atoms with E-state index >= 15 is 0 Å². The quantitative estimate of drug-likeness (QED) is 0.652. The second kappa shape index (κ2) is 6.01. The maximum Gasteiger partial charge on any atom is 0.251 e. The van der Waals surface area contributed by atoms with Crippen LogP contribution in [0, 0.1) is 0 Å². The largest absolute Gasteiger partial charge is 0.338 e. The summed E-state index contributed by atoms with van der Waals surface area (Å²) in [5.74, 6) is 1.87. The molecule has 0 bridgehead atoms. The van der Waals surface area contributed by atoms with Crippen molar-refractivity contribution in [1.82, 2.24) is 20.1 Å². The molecule has 0 aliphatic heterocycles. The summed E-state index contributed by atoms with van der Waals surface area (Å²) < 4.78 is 5.31. The zero-order valence-corrected chi connectivity index (χ0v) is 12.9. The number of nitrogens with one attached hydrogen (secondary N) is 1. The number of hydrogen-bond acceptors (Lipinski definition) is 6. The van der Waals surface area contributed by atoms with E-state index in [9.17, 15) is 4.79 Å². The second-order valence-corrected chi connectivity index (χ2v) is 6.65. The van der Waals surface area contributed by atoms with E-state index in [2.05, 4.69) is 27.0 Å². The summed E-state index contributed by atoms with van der Waals surface area (Å²) in [4.78, 5) is 23.3. The highest BCUT2D eigenvalue weighted by molar-refractivity contribution is 7.99. The van der Waals surface area contributed by atoms with Gasteiger partial charge in [0.15, 0.2) is 11.0 Å². The van der Waals surface area contributed by atoms with Crippen LogP contribution >= 0.6 is 11.8 Å². The van der Waals surface area contributed by atoms with Gasteiger partial charge in [-0.25, -0.2) is 4.98 Å². The number of aromatic nitrogens is 4. The zero-order chi connectivity index (χ0) is 14.8. The Hall–Kier alpha value is -1.63. The smallest absolute Gasteiger partial charge is 0.251 e. The maximum atomic E-state index is 11.6. The fourth-order valence-corrected chi connectivity index (χ4v) is 2.92. The Morgan fingerprint density at radius 3 is 3.00 bits per heavy atom. The van der Waals surface area contributed by atoms with Crippen molar-refractivity contribution in [3.05, 3.63) is 33.8 Å². The SMILES string of the molecule is CCCc1cc(=O)[nH]c(S[C@@H](C)c2nc(C3CC3)no2)n1. The third-order valence-electron chi connectivity index (χ3n) is 3.32. The van der Waals surface area contributed by atoms with Gasteiger partial charge in [-0.2, -0.15) is 4.98 Å². The lowest BCUT2D eigenvalue weighted by atomic mass is 10.2. The first-order chi connectivity index (χ1) is 10.2. The van der Waals surface area contributed by atoms with Crippen molar-refractivity contribution in [3.63, 3.8) is 0 Å². The highest BCUT2D eigenvalue weighted by atomic mass is 32.2. The molecule has 1 N–H and O–H groups in total. The predicted molar refractivity (Wildman–Crippen MR) is 79.4 cm³/mol. The summed E-state index contributed by atoms with van der Waals surface area (Å²) in [5.41, 5.74) is 0.701. The molecule has 0 aromatic carbocycles. The van der Waals surface area contributed by atoms with Crippen LogP contribution < -0.4 is 5.56 Å². The monoisotopic (exact) mass is 306 g/mol. The molecule has 2 aromatic rings. The van der Waals surface area contributed by atoms with Gasteiger partial charge in [-0.1, -0.05) is 30.3 Å². The first-order valence-electron chi connectivity index (χ1n) is 7.26. The van der Waals surface area contributed by atoms with Crippen LogP contribution in [0.1, 0.15) is 61.7 Å². The summed E-state index contributed by atoms with van der Waals surface area (Å²) >= 11 is 1.43. The van der Waals surface area contributed by atoms with Crippen LogP contribution in [0.4, 0.5) is 0 Å². The normalized spacial score (nSPS) is 16.1. The molecule has 0 unspecified atom stereocenters. The highest BCUT2D eigenvalue weighted by Crippen LogP contribution is 2.39. The van der Waals surface area contributed by atoms with Crippen LogP contribution in [0.25, 0.3) is 0 Å². The second-order valence-electron chi connectivity index (χ2n) is 5.32. The van der Waals surface area contributed by atoms with Gasteiger partial charge in [0.05, 0.1) is 5.25 Å². The minimum Gasteiger partial charge on any atom is -0.338 e. The fraction of sp³-hybridized carbons (Fsp3) is 0.571.